The van der Waals surface area contributed by atoms with Crippen molar-refractivity contribution in [3.8, 4) is 10.4 Å². The molecule has 220 valence electrons. The van der Waals surface area contributed by atoms with Crippen molar-refractivity contribution in [2.45, 2.75) is 56.7 Å². The smallest absolute Gasteiger partial charge is 0.262 e. The van der Waals surface area contributed by atoms with Crippen molar-refractivity contribution in [2.24, 2.45) is 0 Å². The van der Waals surface area contributed by atoms with Crippen LogP contribution >= 0.6 is 22.9 Å². The largest absolute Gasteiger partial charge is 0.388 e. The molecule has 0 saturated carbocycles. The lowest BCUT2D eigenvalue weighted by atomic mass is 9.91. The van der Waals surface area contributed by atoms with Crippen molar-refractivity contribution < 1.29 is 27.9 Å². The lowest BCUT2D eigenvalue weighted by Crippen LogP contribution is -2.50. The van der Waals surface area contributed by atoms with Gasteiger partial charge in [-0.2, -0.15) is 4.39 Å². The van der Waals surface area contributed by atoms with Gasteiger partial charge in [0.1, 0.15) is 6.04 Å². The lowest BCUT2D eigenvalue weighted by molar-refractivity contribution is -0.138. The molecular weight excluding hydrogens is 595 g/mol. The maximum absolute atomic E-state index is 13.6. The van der Waals surface area contributed by atoms with Crippen molar-refractivity contribution in [1.29, 1.82) is 0 Å². The zero-order chi connectivity index (χ0) is 29.8. The summed E-state index contributed by atoms with van der Waals surface area (Å²) in [4.78, 5) is 44.8. The molecule has 1 aliphatic heterocycles. The van der Waals surface area contributed by atoms with Gasteiger partial charge in [-0.05, 0) is 24.8 Å². The second-order valence-electron chi connectivity index (χ2n) is 10.7. The third-order valence-electron chi connectivity index (χ3n) is 8.07. The van der Waals surface area contributed by atoms with E-state index >= 15 is 0 Å². The fourth-order valence-electron chi connectivity index (χ4n) is 5.70. The summed E-state index contributed by atoms with van der Waals surface area (Å²) in [5.74, 6) is -1.41. The van der Waals surface area contributed by atoms with Crippen LogP contribution in [0, 0.1) is 5.95 Å². The molecule has 3 aromatic heterocycles. The molecule has 1 saturated heterocycles. The number of Topliss-reactive ketones (excluding diaryl/α,β-unsaturated/α-hetero) is 1. The van der Waals surface area contributed by atoms with Crippen LogP contribution in [0.2, 0.25) is 5.02 Å². The average molecular weight is 620 g/mol. The zero-order valence-electron chi connectivity index (χ0n) is 22.1. The molecule has 1 unspecified atom stereocenters. The Bertz CT molecular complexity index is 1760. The van der Waals surface area contributed by atoms with Crippen LogP contribution in [0.25, 0.3) is 21.3 Å². The van der Waals surface area contributed by atoms with Crippen LogP contribution in [-0.2, 0) is 17.8 Å². The summed E-state index contributed by atoms with van der Waals surface area (Å²) >= 11 is 7.99. The van der Waals surface area contributed by atoms with E-state index in [0.29, 0.717) is 44.8 Å². The first-order valence-corrected chi connectivity index (χ1v) is 14.6. The number of rotatable bonds is 7. The van der Waals surface area contributed by atoms with E-state index in [4.69, 9.17) is 11.6 Å². The van der Waals surface area contributed by atoms with Crippen LogP contribution in [0.15, 0.2) is 40.9 Å². The van der Waals surface area contributed by atoms with Gasteiger partial charge in [0.15, 0.2) is 5.78 Å². The molecule has 1 aliphatic carbocycles. The molecule has 0 bridgehead atoms. The minimum absolute atomic E-state index is 0.0596. The first-order chi connectivity index (χ1) is 20.0. The zero-order valence-corrected chi connectivity index (χ0v) is 23.7. The Labute approximate surface area is 246 Å². The number of amides is 1. The number of carbonyl (C=O) groups is 2. The first-order valence-electron chi connectivity index (χ1n) is 13.4. The summed E-state index contributed by atoms with van der Waals surface area (Å²) in [6.07, 6.45) is 0.183. The van der Waals surface area contributed by atoms with Gasteiger partial charge in [0, 0.05) is 48.3 Å². The molecule has 4 aromatic rings. The van der Waals surface area contributed by atoms with E-state index in [1.165, 1.54) is 27.1 Å². The minimum Gasteiger partial charge on any atom is -0.388 e. The number of thiophene rings is 1. The highest BCUT2D eigenvalue weighted by Crippen LogP contribution is 2.41. The number of benzene rings is 1. The van der Waals surface area contributed by atoms with Gasteiger partial charge >= 0.3 is 0 Å². The number of hydrogen-bond acceptors (Lipinski definition) is 7. The number of nitrogens with zero attached hydrogens (tertiary/aromatic N) is 5. The van der Waals surface area contributed by atoms with E-state index in [1.54, 1.807) is 17.5 Å². The van der Waals surface area contributed by atoms with Gasteiger partial charge < -0.3 is 10.0 Å². The molecule has 1 N–H and O–H groups in total. The first kappa shape index (κ1) is 28.6. The van der Waals surface area contributed by atoms with Crippen molar-refractivity contribution in [3.05, 3.63) is 68.6 Å². The molecule has 1 aromatic carbocycles. The molecular formula is C28H25ClF3N5O4S. The lowest BCUT2D eigenvalue weighted by Gasteiger charge is -2.38. The number of aromatic nitrogens is 4. The molecule has 42 heavy (non-hydrogen) atoms. The van der Waals surface area contributed by atoms with Crippen LogP contribution in [0.4, 0.5) is 13.2 Å². The van der Waals surface area contributed by atoms with E-state index in [1.807, 2.05) is 0 Å². The molecule has 0 radical (unpaired) electrons. The van der Waals surface area contributed by atoms with Gasteiger partial charge in [0.25, 0.3) is 12.0 Å². The SMILES string of the molecule is O=C1CCc2c1ccc(-c1scc3c(=O)n(CC4(O)CCN(C(=O)CC(C(F)F)n5ccc(F)n5)CC4)cnc13)c2Cl. The molecule has 2 aliphatic rings. The topological polar surface area (TPSA) is 110 Å². The summed E-state index contributed by atoms with van der Waals surface area (Å²) in [6.45, 7) is 0.145. The Kier molecular flexibility index (Phi) is 7.44. The highest BCUT2D eigenvalue weighted by atomic mass is 35.5. The van der Waals surface area contributed by atoms with Gasteiger partial charge in [0.2, 0.25) is 11.9 Å². The normalized spacial score (nSPS) is 17.3. The molecule has 9 nitrogen and oxygen atoms in total. The Hall–Kier alpha value is -3.55. The molecule has 4 heterocycles. The van der Waals surface area contributed by atoms with Gasteiger partial charge in [-0.15, -0.1) is 16.4 Å². The predicted molar refractivity (Wildman–Crippen MR) is 150 cm³/mol. The fourth-order valence-corrected chi connectivity index (χ4v) is 7.13. The van der Waals surface area contributed by atoms with Crippen molar-refractivity contribution in [2.75, 3.05) is 13.1 Å². The van der Waals surface area contributed by atoms with Crippen LogP contribution < -0.4 is 5.56 Å². The Balaban J connectivity index is 1.15. The van der Waals surface area contributed by atoms with Crippen LogP contribution in [0.3, 0.4) is 0 Å². The molecule has 1 atom stereocenters. The molecule has 6 rings (SSSR count). The number of alkyl halides is 2. The van der Waals surface area contributed by atoms with Crippen LogP contribution in [-0.4, -0.2) is 66.1 Å². The van der Waals surface area contributed by atoms with E-state index in [0.717, 1.165) is 22.5 Å². The van der Waals surface area contributed by atoms with E-state index in [2.05, 4.69) is 10.1 Å². The number of piperidine rings is 1. The average Bonchev–Trinajstić information content (AvgIpc) is 3.68. The van der Waals surface area contributed by atoms with E-state index in [9.17, 15) is 32.7 Å². The second kappa shape index (κ2) is 10.9. The maximum Gasteiger partial charge on any atom is 0.262 e. The highest BCUT2D eigenvalue weighted by Gasteiger charge is 2.37. The molecule has 0 spiro atoms. The molecule has 14 heteroatoms. The summed E-state index contributed by atoms with van der Waals surface area (Å²) in [7, 11) is 0. The third kappa shape index (κ3) is 5.13. The van der Waals surface area contributed by atoms with Crippen LogP contribution in [0.5, 0.6) is 0 Å². The number of likely N-dealkylation sites (tertiary alicyclic amines) is 1. The van der Waals surface area contributed by atoms with Gasteiger partial charge in [-0.25, -0.2) is 13.8 Å². The van der Waals surface area contributed by atoms with E-state index in [-0.39, 0.29) is 43.8 Å². The second-order valence-corrected chi connectivity index (χ2v) is 12.0. The number of carbonyl (C=O) groups excluding carboxylic acids is 2. The maximum atomic E-state index is 13.6. The quantitative estimate of drug-likeness (QED) is 0.326. The van der Waals surface area contributed by atoms with Gasteiger partial charge in [-0.1, -0.05) is 23.7 Å². The molecule has 1 fully saturated rings. The number of ketones is 1. The minimum atomic E-state index is -2.93. The van der Waals surface area contributed by atoms with Gasteiger partial charge in [-0.3, -0.25) is 23.6 Å². The summed E-state index contributed by atoms with van der Waals surface area (Å²) in [5.41, 5.74) is 0.956. The highest BCUT2D eigenvalue weighted by molar-refractivity contribution is 7.15. The number of halogens is 4. The van der Waals surface area contributed by atoms with Crippen LogP contribution in [0.1, 0.15) is 47.6 Å². The summed E-state index contributed by atoms with van der Waals surface area (Å²) in [6, 6.07) is 2.87. The van der Waals surface area contributed by atoms with Crippen molar-refractivity contribution in [3.63, 3.8) is 0 Å². The van der Waals surface area contributed by atoms with Crippen molar-refractivity contribution >= 4 is 45.5 Å². The standard InChI is InChI=1S/C28H25ClF3N5O4S/c29-23-16-3-4-20(38)15(16)1-2-17(23)25-24-18(12-42-25)27(40)36(14-33-24)13-28(41)6-9-35(10-7-28)22(39)11-19(26(31)32)37-8-5-21(30)34-37/h1-2,5,8,12,14,19,26,41H,3-4,6-7,9-11,13H2. The number of aliphatic hydroxyl groups is 1. The van der Waals surface area contributed by atoms with E-state index < -0.39 is 36.3 Å². The summed E-state index contributed by atoms with van der Waals surface area (Å²) in [5, 5.41) is 17.2. The fraction of sp³-hybridized carbons (Fsp3) is 0.393. The summed E-state index contributed by atoms with van der Waals surface area (Å²) < 4.78 is 42.5. The van der Waals surface area contributed by atoms with Crippen molar-refractivity contribution in [1.82, 2.24) is 24.2 Å². The monoisotopic (exact) mass is 619 g/mol. The number of hydrogen-bond donors (Lipinski definition) is 1. The third-order valence-corrected chi connectivity index (χ3v) is 9.51. The number of fused-ring (bicyclic) bond motifs is 2. The Morgan fingerprint density at radius 3 is 2.57 bits per heavy atom. The Morgan fingerprint density at radius 2 is 1.88 bits per heavy atom. The predicted octanol–water partition coefficient (Wildman–Crippen LogP) is 4.49. The Morgan fingerprint density at radius 1 is 1.14 bits per heavy atom. The van der Waals surface area contributed by atoms with Gasteiger partial charge in [0.05, 0.1) is 45.7 Å². The molecule has 1 amide bonds.